The maximum absolute atomic E-state index is 12.1. The molecule has 4 aliphatic carbocycles. The first-order valence-corrected chi connectivity index (χ1v) is 10.8. The molecule has 4 aliphatic rings. The summed E-state index contributed by atoms with van der Waals surface area (Å²) in [6.45, 7) is 4.59. The molecule has 0 radical (unpaired) electrons. The van der Waals surface area contributed by atoms with Gasteiger partial charge in [0, 0.05) is 17.9 Å². The Balaban J connectivity index is 1.52. The average Bonchev–Trinajstić information content (AvgIpc) is 2.95. The van der Waals surface area contributed by atoms with E-state index in [0.29, 0.717) is 12.3 Å². The highest BCUT2D eigenvalue weighted by molar-refractivity contribution is 5.91. The van der Waals surface area contributed by atoms with Crippen LogP contribution < -0.4 is 5.63 Å². The number of aliphatic hydroxyl groups is 1. The van der Waals surface area contributed by atoms with Gasteiger partial charge in [-0.15, -0.1) is 0 Å². The summed E-state index contributed by atoms with van der Waals surface area (Å²) in [7, 11) is 0. The predicted octanol–water partition coefficient (Wildman–Crippen LogP) is 4.37. The molecule has 150 valence electrons. The van der Waals surface area contributed by atoms with Gasteiger partial charge in [0.15, 0.2) is 5.78 Å². The molecule has 1 aromatic rings. The lowest BCUT2D eigenvalue weighted by Crippen LogP contribution is -2.60. The van der Waals surface area contributed by atoms with Crippen LogP contribution in [-0.2, 0) is 4.79 Å². The van der Waals surface area contributed by atoms with Crippen molar-refractivity contribution in [2.45, 2.75) is 76.7 Å². The zero-order chi connectivity index (χ0) is 19.7. The Morgan fingerprint density at radius 2 is 1.82 bits per heavy atom. The minimum atomic E-state index is -0.688. The summed E-state index contributed by atoms with van der Waals surface area (Å²) >= 11 is 0. The molecule has 5 rings (SSSR count). The topological polar surface area (TPSA) is 67.5 Å². The maximum Gasteiger partial charge on any atom is 0.335 e. The molecule has 28 heavy (non-hydrogen) atoms. The van der Waals surface area contributed by atoms with Crippen molar-refractivity contribution < 1.29 is 14.3 Å². The highest BCUT2D eigenvalue weighted by Crippen LogP contribution is 2.69. The van der Waals surface area contributed by atoms with Gasteiger partial charge in [-0.05, 0) is 85.8 Å². The minimum absolute atomic E-state index is 0.0610. The van der Waals surface area contributed by atoms with Gasteiger partial charge in [0.25, 0.3) is 0 Å². The highest BCUT2D eigenvalue weighted by Gasteiger charge is 2.66. The van der Waals surface area contributed by atoms with Gasteiger partial charge >= 0.3 is 5.63 Å². The summed E-state index contributed by atoms with van der Waals surface area (Å²) in [6.07, 6.45) is 10.8. The first-order valence-electron chi connectivity index (χ1n) is 10.8. The van der Waals surface area contributed by atoms with Crippen LogP contribution in [0.15, 0.2) is 39.3 Å². The van der Waals surface area contributed by atoms with E-state index in [1.165, 1.54) is 11.6 Å². The molecule has 1 heterocycles. The van der Waals surface area contributed by atoms with Crippen molar-refractivity contribution in [3.05, 3.63) is 46.0 Å². The zero-order valence-electron chi connectivity index (χ0n) is 16.9. The van der Waals surface area contributed by atoms with Gasteiger partial charge in [-0.3, -0.25) is 4.79 Å². The Kier molecular flexibility index (Phi) is 3.88. The monoisotopic (exact) mass is 382 g/mol. The van der Waals surface area contributed by atoms with E-state index in [-0.39, 0.29) is 34.1 Å². The van der Waals surface area contributed by atoms with Crippen molar-refractivity contribution in [3.63, 3.8) is 0 Å². The van der Waals surface area contributed by atoms with Crippen molar-refractivity contribution in [2.24, 2.45) is 22.7 Å². The fraction of sp³-hybridized carbons (Fsp3) is 0.667. The average molecular weight is 383 g/mol. The number of allylic oxidation sites excluding steroid dienone is 1. The van der Waals surface area contributed by atoms with Crippen LogP contribution in [0.25, 0.3) is 0 Å². The first-order chi connectivity index (χ1) is 13.3. The molecule has 4 heteroatoms. The molecule has 4 nitrogen and oxygen atoms in total. The summed E-state index contributed by atoms with van der Waals surface area (Å²) in [5.41, 5.74) is 1.23. The lowest BCUT2D eigenvalue weighted by Gasteiger charge is -2.61. The van der Waals surface area contributed by atoms with Gasteiger partial charge < -0.3 is 9.52 Å². The molecule has 0 spiro atoms. The van der Waals surface area contributed by atoms with E-state index >= 15 is 0 Å². The Morgan fingerprint density at radius 1 is 1.00 bits per heavy atom. The number of carbonyl (C=O) groups is 1. The van der Waals surface area contributed by atoms with E-state index in [1.807, 2.05) is 12.1 Å². The lowest BCUT2D eigenvalue weighted by molar-refractivity contribution is -0.177. The predicted molar refractivity (Wildman–Crippen MR) is 106 cm³/mol. The van der Waals surface area contributed by atoms with E-state index in [1.54, 1.807) is 6.26 Å². The summed E-state index contributed by atoms with van der Waals surface area (Å²) in [4.78, 5) is 23.4. The molecular weight excluding hydrogens is 352 g/mol. The van der Waals surface area contributed by atoms with Crippen molar-refractivity contribution >= 4 is 5.78 Å². The van der Waals surface area contributed by atoms with E-state index in [2.05, 4.69) is 13.8 Å². The van der Waals surface area contributed by atoms with Crippen LogP contribution >= 0.6 is 0 Å². The molecule has 0 amide bonds. The third-order valence-electron chi connectivity index (χ3n) is 9.27. The van der Waals surface area contributed by atoms with Crippen LogP contribution in [-0.4, -0.2) is 16.5 Å². The normalized spacial score (nSPS) is 45.0. The molecule has 0 saturated heterocycles. The van der Waals surface area contributed by atoms with Gasteiger partial charge in [0.05, 0.1) is 11.9 Å². The third kappa shape index (κ3) is 2.27. The molecule has 0 bridgehead atoms. The summed E-state index contributed by atoms with van der Waals surface area (Å²) in [5.74, 6) is 1.23. The molecule has 3 fully saturated rings. The molecule has 3 saturated carbocycles. The SMILES string of the molecule is C[C@]12CCC(=O)C=C1CC[C@@H]1[C@@H]2CC[C@]2(C)[C@@H](c3ccc(=O)oc3)CC[C@]12O. The summed E-state index contributed by atoms with van der Waals surface area (Å²) in [5, 5.41) is 12.1. The molecule has 0 aromatic carbocycles. The van der Waals surface area contributed by atoms with E-state index in [9.17, 15) is 14.7 Å². The maximum atomic E-state index is 12.1. The van der Waals surface area contributed by atoms with Gasteiger partial charge in [0.1, 0.15) is 0 Å². The number of hydrogen-bond donors (Lipinski definition) is 1. The fourth-order valence-corrected chi connectivity index (χ4v) is 7.63. The van der Waals surface area contributed by atoms with Crippen molar-refractivity contribution in [2.75, 3.05) is 0 Å². The first kappa shape index (κ1) is 18.4. The largest absolute Gasteiger partial charge is 0.431 e. The molecule has 1 aromatic heterocycles. The highest BCUT2D eigenvalue weighted by atomic mass is 16.4. The Bertz CT molecular complexity index is 893. The van der Waals surface area contributed by atoms with Gasteiger partial charge in [0.2, 0.25) is 0 Å². The second kappa shape index (κ2) is 5.91. The van der Waals surface area contributed by atoms with Crippen LogP contribution in [0.2, 0.25) is 0 Å². The van der Waals surface area contributed by atoms with Crippen LogP contribution in [0.3, 0.4) is 0 Å². The van der Waals surface area contributed by atoms with Gasteiger partial charge in [-0.1, -0.05) is 19.4 Å². The van der Waals surface area contributed by atoms with Crippen molar-refractivity contribution in [1.29, 1.82) is 0 Å². The number of ketones is 1. The third-order valence-corrected chi connectivity index (χ3v) is 9.27. The van der Waals surface area contributed by atoms with Crippen LogP contribution in [0.1, 0.15) is 76.7 Å². The van der Waals surface area contributed by atoms with Crippen LogP contribution in [0.5, 0.6) is 0 Å². The lowest BCUT2D eigenvalue weighted by atomic mass is 9.45. The summed E-state index contributed by atoms with van der Waals surface area (Å²) < 4.78 is 5.16. The van der Waals surface area contributed by atoms with E-state index in [4.69, 9.17) is 4.42 Å². The quantitative estimate of drug-likeness (QED) is 0.783. The zero-order valence-corrected chi connectivity index (χ0v) is 16.9. The molecule has 1 N–H and O–H groups in total. The smallest absolute Gasteiger partial charge is 0.335 e. The number of fused-ring (bicyclic) bond motifs is 5. The molecule has 0 aliphatic heterocycles. The second-order valence-electron chi connectivity index (χ2n) is 10.2. The standard InChI is InChI=1S/C24H30O4/c1-22-10-7-17(25)13-16(22)4-5-20-19(22)8-11-23(2)18(9-12-24(20,23)27)15-3-6-21(26)28-14-15/h3,6,13-14,18-20,27H,4-5,7-12H2,1-2H3/t18-,19+,20-,22+,23-,24+/m1/s1. The minimum Gasteiger partial charge on any atom is -0.431 e. The van der Waals surface area contributed by atoms with Crippen molar-refractivity contribution in [3.8, 4) is 0 Å². The fourth-order valence-electron chi connectivity index (χ4n) is 7.63. The number of carbonyl (C=O) groups excluding carboxylic acids is 1. The van der Waals surface area contributed by atoms with Crippen LogP contribution in [0, 0.1) is 22.7 Å². The number of hydrogen-bond acceptors (Lipinski definition) is 4. The van der Waals surface area contributed by atoms with E-state index < -0.39 is 5.60 Å². The van der Waals surface area contributed by atoms with Gasteiger partial charge in [-0.25, -0.2) is 4.79 Å². The summed E-state index contributed by atoms with van der Waals surface area (Å²) in [6, 6.07) is 3.38. The second-order valence-corrected chi connectivity index (χ2v) is 10.2. The number of rotatable bonds is 1. The molecular formula is C24H30O4. The van der Waals surface area contributed by atoms with Crippen molar-refractivity contribution in [1.82, 2.24) is 0 Å². The van der Waals surface area contributed by atoms with E-state index in [0.717, 1.165) is 50.5 Å². The molecule has 6 atom stereocenters. The molecule has 0 unspecified atom stereocenters. The van der Waals surface area contributed by atoms with Crippen LogP contribution in [0.4, 0.5) is 0 Å². The Labute approximate surface area is 166 Å². The Morgan fingerprint density at radius 3 is 2.57 bits per heavy atom. The Hall–Kier alpha value is -1.68. The van der Waals surface area contributed by atoms with Gasteiger partial charge in [-0.2, -0.15) is 0 Å².